The predicted molar refractivity (Wildman–Crippen MR) is 131 cm³/mol. The average molecular weight is 467 g/mol. The first-order valence-electron chi connectivity index (χ1n) is 12.4. The molecule has 1 aromatic heterocycles. The molecule has 0 spiro atoms. The van der Waals surface area contributed by atoms with Crippen LogP contribution in [0.4, 0.5) is 10.5 Å². The SMILES string of the molecule is CC(C)CC(=O)[N+](C)(C1CCN(c2ccncc2)CC1)C1CCCc2ccc(OC(=O)O)cc21. The standard InChI is InChI=1S/C27H35N3O4/c1-19(2)17-26(31)30(3,22-11-15-29(16-12-22)21-9-13-28-14-10-21)25-6-4-5-20-7-8-23(18-24(20)25)34-27(32)33/h7-10,13-14,18-19,22,25H,4-6,11-12,15-17H2,1-3H3/p+1. The molecule has 1 N–H and O–H groups in total. The maximum absolute atomic E-state index is 13.9. The molecule has 1 fully saturated rings. The number of hydrogen-bond donors (Lipinski definition) is 1. The van der Waals surface area contributed by atoms with Gasteiger partial charge in [-0.05, 0) is 48.6 Å². The summed E-state index contributed by atoms with van der Waals surface area (Å²) in [6.07, 6.45) is 7.61. The third-order valence-corrected chi connectivity index (χ3v) is 7.62. The third-order valence-electron chi connectivity index (χ3n) is 7.62. The number of quaternary nitrogens is 1. The number of amides is 1. The van der Waals surface area contributed by atoms with Crippen molar-refractivity contribution in [2.45, 2.75) is 64.5 Å². The van der Waals surface area contributed by atoms with Crippen LogP contribution in [-0.2, 0) is 11.2 Å². The van der Waals surface area contributed by atoms with E-state index in [0.717, 1.165) is 50.8 Å². The summed E-state index contributed by atoms with van der Waals surface area (Å²) in [5, 5.41) is 9.12. The Balaban J connectivity index is 1.66. The highest BCUT2D eigenvalue weighted by Gasteiger charge is 2.49. The Labute approximate surface area is 201 Å². The van der Waals surface area contributed by atoms with Crippen LogP contribution in [0.15, 0.2) is 42.7 Å². The molecule has 182 valence electrons. The van der Waals surface area contributed by atoms with Gasteiger partial charge in [0.05, 0.1) is 19.5 Å². The van der Waals surface area contributed by atoms with Crippen molar-refractivity contribution >= 4 is 17.7 Å². The van der Waals surface area contributed by atoms with E-state index in [1.54, 1.807) is 6.07 Å². The maximum atomic E-state index is 13.9. The molecule has 1 saturated heterocycles. The van der Waals surface area contributed by atoms with Crippen molar-refractivity contribution in [2.24, 2.45) is 5.92 Å². The van der Waals surface area contributed by atoms with E-state index in [4.69, 9.17) is 9.84 Å². The molecular weight excluding hydrogens is 430 g/mol. The van der Waals surface area contributed by atoms with E-state index in [1.165, 1.54) is 11.3 Å². The van der Waals surface area contributed by atoms with Gasteiger partial charge in [0.2, 0.25) is 0 Å². The van der Waals surface area contributed by atoms with Gasteiger partial charge in [-0.1, -0.05) is 19.9 Å². The Morgan fingerprint density at radius 3 is 2.50 bits per heavy atom. The molecule has 4 rings (SSSR count). The van der Waals surface area contributed by atoms with Crippen molar-refractivity contribution in [3.8, 4) is 5.75 Å². The normalized spacial score (nSPS) is 20.5. The topological polar surface area (TPSA) is 79.7 Å². The molecule has 0 radical (unpaired) electrons. The molecule has 2 aliphatic rings. The quantitative estimate of drug-likeness (QED) is 0.358. The highest BCUT2D eigenvalue weighted by atomic mass is 16.7. The van der Waals surface area contributed by atoms with E-state index in [-0.39, 0.29) is 23.9 Å². The number of aryl methyl sites for hydroxylation is 1. The van der Waals surface area contributed by atoms with Crippen LogP contribution in [0.3, 0.4) is 0 Å². The number of hydrogen-bond acceptors (Lipinski definition) is 5. The lowest BCUT2D eigenvalue weighted by molar-refractivity contribution is -0.893. The highest BCUT2D eigenvalue weighted by Crippen LogP contribution is 2.44. The molecule has 1 aliphatic carbocycles. The van der Waals surface area contributed by atoms with Crippen LogP contribution in [0.5, 0.6) is 5.75 Å². The van der Waals surface area contributed by atoms with Crippen molar-refractivity contribution < 1.29 is 23.9 Å². The summed E-state index contributed by atoms with van der Waals surface area (Å²) in [6, 6.07) is 9.86. The van der Waals surface area contributed by atoms with Crippen molar-refractivity contribution in [1.82, 2.24) is 4.98 Å². The molecule has 0 bridgehead atoms. The van der Waals surface area contributed by atoms with Gasteiger partial charge in [0.1, 0.15) is 11.8 Å². The van der Waals surface area contributed by atoms with Gasteiger partial charge in [-0.25, -0.2) is 9.59 Å². The number of carbonyl (C=O) groups is 2. The van der Waals surface area contributed by atoms with Crippen molar-refractivity contribution in [3.63, 3.8) is 0 Å². The van der Waals surface area contributed by atoms with E-state index in [2.05, 4.69) is 30.8 Å². The number of fused-ring (bicyclic) bond motifs is 1. The minimum atomic E-state index is -1.32. The lowest BCUT2D eigenvalue weighted by atomic mass is 9.82. The van der Waals surface area contributed by atoms with Crippen LogP contribution in [0.1, 0.15) is 63.1 Å². The predicted octanol–water partition coefficient (Wildman–Crippen LogP) is 5.20. The number of benzene rings is 1. The van der Waals surface area contributed by atoms with Gasteiger partial charge in [-0.15, -0.1) is 0 Å². The lowest BCUT2D eigenvalue weighted by Gasteiger charge is -2.49. The Bertz CT molecular complexity index is 1020. The average Bonchev–Trinajstić information content (AvgIpc) is 2.83. The number of ether oxygens (including phenoxy) is 1. The molecule has 1 aliphatic heterocycles. The summed E-state index contributed by atoms with van der Waals surface area (Å²) in [5.74, 6) is 0.889. The molecule has 2 heterocycles. The highest BCUT2D eigenvalue weighted by molar-refractivity contribution is 5.70. The first-order valence-corrected chi connectivity index (χ1v) is 12.4. The Kier molecular flexibility index (Phi) is 7.22. The van der Waals surface area contributed by atoms with Crippen molar-refractivity contribution in [3.05, 3.63) is 53.9 Å². The van der Waals surface area contributed by atoms with Crippen molar-refractivity contribution in [2.75, 3.05) is 25.0 Å². The van der Waals surface area contributed by atoms with E-state index >= 15 is 0 Å². The van der Waals surface area contributed by atoms with Gasteiger partial charge in [0.15, 0.2) is 0 Å². The van der Waals surface area contributed by atoms with Gasteiger partial charge in [0.25, 0.3) is 0 Å². The summed E-state index contributed by atoms with van der Waals surface area (Å²) >= 11 is 0. The molecule has 7 heteroatoms. The summed E-state index contributed by atoms with van der Waals surface area (Å²) < 4.78 is 5.37. The van der Waals surface area contributed by atoms with Crippen LogP contribution in [0, 0.1) is 5.92 Å². The minimum Gasteiger partial charge on any atom is -0.449 e. The van der Waals surface area contributed by atoms with E-state index in [1.807, 2.05) is 36.7 Å². The number of nitrogens with zero attached hydrogens (tertiary/aromatic N) is 3. The van der Waals surface area contributed by atoms with Crippen molar-refractivity contribution in [1.29, 1.82) is 0 Å². The zero-order valence-corrected chi connectivity index (χ0v) is 20.4. The number of piperidine rings is 1. The maximum Gasteiger partial charge on any atom is 0.511 e. The largest absolute Gasteiger partial charge is 0.511 e. The molecule has 34 heavy (non-hydrogen) atoms. The summed E-state index contributed by atoms with van der Waals surface area (Å²) in [4.78, 5) is 31.6. The zero-order chi connectivity index (χ0) is 24.3. The Morgan fingerprint density at radius 2 is 1.85 bits per heavy atom. The van der Waals surface area contributed by atoms with Gasteiger partial charge in [0, 0.05) is 56.0 Å². The second kappa shape index (κ2) is 10.1. The second-order valence-corrected chi connectivity index (χ2v) is 10.2. The van der Waals surface area contributed by atoms with Crippen LogP contribution >= 0.6 is 0 Å². The van der Waals surface area contributed by atoms with E-state index < -0.39 is 6.16 Å². The van der Waals surface area contributed by atoms with Gasteiger partial charge >= 0.3 is 12.1 Å². The summed E-state index contributed by atoms with van der Waals surface area (Å²) in [7, 11) is 2.13. The number of rotatable bonds is 6. The summed E-state index contributed by atoms with van der Waals surface area (Å²) in [6.45, 7) is 6.00. The number of anilines is 1. The fourth-order valence-corrected chi connectivity index (χ4v) is 5.87. The summed E-state index contributed by atoms with van der Waals surface area (Å²) in [5.41, 5.74) is 3.45. The number of carboxylic acid groups (broad SMARTS) is 1. The van der Waals surface area contributed by atoms with Crippen LogP contribution in [-0.4, -0.2) is 52.8 Å². The first kappa shape index (κ1) is 24.2. The molecule has 2 unspecified atom stereocenters. The molecule has 7 nitrogen and oxygen atoms in total. The molecule has 0 saturated carbocycles. The monoisotopic (exact) mass is 466 g/mol. The fourth-order valence-electron chi connectivity index (χ4n) is 5.87. The number of carbonyl (C=O) groups excluding carboxylic acids is 1. The fraction of sp³-hybridized carbons (Fsp3) is 0.519. The zero-order valence-electron chi connectivity index (χ0n) is 20.4. The molecular formula is C27H36N3O4+. The Morgan fingerprint density at radius 1 is 1.15 bits per heavy atom. The van der Waals surface area contributed by atoms with E-state index in [0.29, 0.717) is 16.7 Å². The van der Waals surface area contributed by atoms with Gasteiger partial charge < -0.3 is 14.7 Å². The number of pyridine rings is 1. The second-order valence-electron chi connectivity index (χ2n) is 10.2. The molecule has 1 amide bonds. The Hall–Kier alpha value is -2.93. The molecule has 2 atom stereocenters. The van der Waals surface area contributed by atoms with Gasteiger partial charge in [-0.3, -0.25) is 9.47 Å². The third kappa shape index (κ3) is 4.94. The van der Waals surface area contributed by atoms with Crippen LogP contribution in [0.25, 0.3) is 0 Å². The smallest absolute Gasteiger partial charge is 0.449 e. The molecule has 2 aromatic rings. The van der Waals surface area contributed by atoms with Crippen LogP contribution in [0.2, 0.25) is 0 Å². The van der Waals surface area contributed by atoms with Crippen LogP contribution < -0.4 is 9.64 Å². The first-order chi connectivity index (χ1) is 16.3. The lowest BCUT2D eigenvalue weighted by Crippen LogP contribution is -2.61. The van der Waals surface area contributed by atoms with E-state index in [9.17, 15) is 9.59 Å². The van der Waals surface area contributed by atoms with Gasteiger partial charge in [-0.2, -0.15) is 0 Å². The molecule has 1 aromatic carbocycles. The minimum absolute atomic E-state index is 0.00446. The number of aromatic nitrogens is 1.